The fourth-order valence-electron chi connectivity index (χ4n) is 1.96. The summed E-state index contributed by atoms with van der Waals surface area (Å²) < 4.78 is 0. The predicted molar refractivity (Wildman–Crippen MR) is 106 cm³/mol. The van der Waals surface area contributed by atoms with E-state index < -0.39 is 0 Å². The molecule has 2 aromatic carbocycles. The maximum atomic E-state index is 11.9. The Bertz CT molecular complexity index is 821. The van der Waals surface area contributed by atoms with E-state index in [9.17, 15) is 9.59 Å². The number of nitrogens with one attached hydrogen (secondary N) is 2. The van der Waals surface area contributed by atoms with Gasteiger partial charge in [0.25, 0.3) is 5.91 Å². The third-order valence-electron chi connectivity index (χ3n) is 3.26. The minimum Gasteiger partial charge on any atom is -0.352 e. The SMILES string of the molecule is O=C(CCNC(=O)c1ccc(Cl)c(Cl)c1)NN=CC=Cc1ccccc1. The number of amides is 2. The van der Waals surface area contributed by atoms with E-state index in [-0.39, 0.29) is 24.8 Å². The van der Waals surface area contributed by atoms with Crippen molar-refractivity contribution in [3.8, 4) is 0 Å². The van der Waals surface area contributed by atoms with Gasteiger partial charge in [-0.2, -0.15) is 5.10 Å². The van der Waals surface area contributed by atoms with Crippen molar-refractivity contribution in [2.75, 3.05) is 6.54 Å². The van der Waals surface area contributed by atoms with Crippen molar-refractivity contribution < 1.29 is 9.59 Å². The number of nitrogens with zero attached hydrogens (tertiary/aromatic N) is 1. The lowest BCUT2D eigenvalue weighted by atomic mass is 10.2. The quantitative estimate of drug-likeness (QED) is 0.556. The Kier molecular flexibility index (Phi) is 7.86. The molecule has 2 aromatic rings. The Labute approximate surface area is 161 Å². The second-order valence-electron chi connectivity index (χ2n) is 5.22. The maximum Gasteiger partial charge on any atom is 0.251 e. The van der Waals surface area contributed by atoms with Crippen molar-refractivity contribution in [3.63, 3.8) is 0 Å². The smallest absolute Gasteiger partial charge is 0.251 e. The number of hydrogen-bond donors (Lipinski definition) is 2. The van der Waals surface area contributed by atoms with Gasteiger partial charge in [-0.1, -0.05) is 59.6 Å². The van der Waals surface area contributed by atoms with Gasteiger partial charge in [0.05, 0.1) is 10.0 Å². The zero-order valence-electron chi connectivity index (χ0n) is 13.8. The van der Waals surface area contributed by atoms with Crippen LogP contribution in [0, 0.1) is 0 Å². The molecule has 134 valence electrons. The van der Waals surface area contributed by atoms with Gasteiger partial charge >= 0.3 is 0 Å². The molecule has 0 radical (unpaired) electrons. The summed E-state index contributed by atoms with van der Waals surface area (Å²) in [5.74, 6) is -0.630. The highest BCUT2D eigenvalue weighted by atomic mass is 35.5. The highest BCUT2D eigenvalue weighted by molar-refractivity contribution is 6.42. The molecule has 0 aromatic heterocycles. The molecule has 0 heterocycles. The van der Waals surface area contributed by atoms with E-state index >= 15 is 0 Å². The Hall–Kier alpha value is -2.63. The van der Waals surface area contributed by atoms with Crippen molar-refractivity contribution >= 4 is 47.3 Å². The molecule has 5 nitrogen and oxygen atoms in total. The van der Waals surface area contributed by atoms with Gasteiger partial charge < -0.3 is 5.32 Å². The average molecular weight is 390 g/mol. The van der Waals surface area contributed by atoms with Gasteiger partial charge in [0.2, 0.25) is 5.91 Å². The third kappa shape index (κ3) is 6.70. The molecule has 7 heteroatoms. The topological polar surface area (TPSA) is 70.6 Å². The van der Waals surface area contributed by atoms with Gasteiger partial charge in [-0.05, 0) is 29.8 Å². The minimum atomic E-state index is -0.328. The van der Waals surface area contributed by atoms with Gasteiger partial charge in [-0.3, -0.25) is 9.59 Å². The Morgan fingerprint density at radius 1 is 1.04 bits per heavy atom. The summed E-state index contributed by atoms with van der Waals surface area (Å²) in [6.07, 6.45) is 5.18. The van der Waals surface area contributed by atoms with Crippen molar-refractivity contribution in [1.82, 2.24) is 10.7 Å². The number of halogens is 2. The monoisotopic (exact) mass is 389 g/mol. The number of hydrogen-bond acceptors (Lipinski definition) is 3. The van der Waals surface area contributed by atoms with Crippen LogP contribution in [0.5, 0.6) is 0 Å². The van der Waals surface area contributed by atoms with E-state index in [2.05, 4.69) is 15.8 Å². The number of allylic oxidation sites excluding steroid dienone is 1. The first-order chi connectivity index (χ1) is 12.6. The summed E-state index contributed by atoms with van der Waals surface area (Å²) in [4.78, 5) is 23.6. The molecule has 0 saturated heterocycles. The first kappa shape index (κ1) is 19.7. The first-order valence-electron chi connectivity index (χ1n) is 7.83. The Balaban J connectivity index is 1.68. The predicted octanol–water partition coefficient (Wildman–Crippen LogP) is 3.93. The number of hydrazone groups is 1. The van der Waals surface area contributed by atoms with E-state index in [1.165, 1.54) is 12.3 Å². The second kappa shape index (κ2) is 10.4. The van der Waals surface area contributed by atoms with Crippen LogP contribution in [0.1, 0.15) is 22.3 Å². The molecule has 0 saturated carbocycles. The van der Waals surface area contributed by atoms with Crippen LogP contribution in [0.25, 0.3) is 6.08 Å². The zero-order chi connectivity index (χ0) is 18.8. The van der Waals surface area contributed by atoms with Crippen molar-refractivity contribution in [3.05, 3.63) is 75.8 Å². The van der Waals surface area contributed by atoms with Crippen LogP contribution in [0.4, 0.5) is 0 Å². The van der Waals surface area contributed by atoms with Crippen LogP contribution in [-0.4, -0.2) is 24.6 Å². The van der Waals surface area contributed by atoms with Crippen molar-refractivity contribution in [1.29, 1.82) is 0 Å². The summed E-state index contributed by atoms with van der Waals surface area (Å²) in [6, 6.07) is 14.3. The molecule has 0 aliphatic rings. The van der Waals surface area contributed by atoms with Gasteiger partial charge in [0.1, 0.15) is 0 Å². The molecule has 2 N–H and O–H groups in total. The Morgan fingerprint density at radius 2 is 1.81 bits per heavy atom. The molecule has 0 aliphatic carbocycles. The lowest BCUT2D eigenvalue weighted by Gasteiger charge is -2.05. The normalized spacial score (nSPS) is 11.0. The minimum absolute atomic E-state index is 0.104. The molecule has 0 atom stereocenters. The number of rotatable bonds is 7. The lowest BCUT2D eigenvalue weighted by Crippen LogP contribution is -2.28. The van der Waals surface area contributed by atoms with E-state index in [0.29, 0.717) is 15.6 Å². The van der Waals surface area contributed by atoms with Gasteiger partial charge in [-0.15, -0.1) is 0 Å². The number of carbonyl (C=O) groups is 2. The summed E-state index contributed by atoms with van der Waals surface area (Å²) in [6.45, 7) is 0.181. The molecular weight excluding hydrogens is 373 g/mol. The maximum absolute atomic E-state index is 11.9. The van der Waals surface area contributed by atoms with E-state index in [1.54, 1.807) is 18.2 Å². The van der Waals surface area contributed by atoms with E-state index in [0.717, 1.165) is 5.56 Å². The molecule has 0 spiro atoms. The van der Waals surface area contributed by atoms with Crippen molar-refractivity contribution in [2.45, 2.75) is 6.42 Å². The van der Waals surface area contributed by atoms with Crippen LogP contribution in [0.2, 0.25) is 10.0 Å². The summed E-state index contributed by atoms with van der Waals surface area (Å²) >= 11 is 11.7. The van der Waals surface area contributed by atoms with Gasteiger partial charge in [0.15, 0.2) is 0 Å². The molecule has 2 amide bonds. The fraction of sp³-hybridized carbons (Fsp3) is 0.105. The standard InChI is InChI=1S/C19H17Cl2N3O2/c20-16-9-8-15(13-17(16)21)19(26)22-12-10-18(25)24-23-11-4-7-14-5-2-1-3-6-14/h1-9,11,13H,10,12H2,(H,22,26)(H,24,25). The fourth-order valence-corrected chi connectivity index (χ4v) is 2.25. The van der Waals surface area contributed by atoms with E-state index in [1.807, 2.05) is 36.4 Å². The molecule has 0 unspecified atom stereocenters. The van der Waals surface area contributed by atoms with Gasteiger partial charge in [0, 0.05) is 24.7 Å². The van der Waals surface area contributed by atoms with E-state index in [4.69, 9.17) is 23.2 Å². The molecule has 2 rings (SSSR count). The summed E-state index contributed by atoms with van der Waals surface area (Å²) in [7, 11) is 0. The number of benzene rings is 2. The Morgan fingerprint density at radius 3 is 2.54 bits per heavy atom. The van der Waals surface area contributed by atoms with Gasteiger partial charge in [-0.25, -0.2) is 5.43 Å². The van der Waals surface area contributed by atoms with Crippen LogP contribution in [0.3, 0.4) is 0 Å². The molecule has 0 fully saturated rings. The summed E-state index contributed by atoms with van der Waals surface area (Å²) in [5, 5.41) is 7.12. The highest BCUT2D eigenvalue weighted by Gasteiger charge is 2.08. The third-order valence-corrected chi connectivity index (χ3v) is 4.00. The largest absolute Gasteiger partial charge is 0.352 e. The van der Waals surface area contributed by atoms with Crippen molar-refractivity contribution in [2.24, 2.45) is 5.10 Å². The zero-order valence-corrected chi connectivity index (χ0v) is 15.3. The first-order valence-corrected chi connectivity index (χ1v) is 8.59. The summed E-state index contributed by atoms with van der Waals surface area (Å²) in [5.41, 5.74) is 3.80. The van der Waals surface area contributed by atoms with Crippen LogP contribution in [-0.2, 0) is 4.79 Å². The highest BCUT2D eigenvalue weighted by Crippen LogP contribution is 2.22. The van der Waals surface area contributed by atoms with Crippen LogP contribution < -0.4 is 10.7 Å². The molecule has 26 heavy (non-hydrogen) atoms. The molecule has 0 bridgehead atoms. The molecule has 0 aliphatic heterocycles. The molecular formula is C19H17Cl2N3O2. The average Bonchev–Trinajstić information content (AvgIpc) is 2.64. The lowest BCUT2D eigenvalue weighted by molar-refractivity contribution is -0.120. The second-order valence-corrected chi connectivity index (χ2v) is 6.03. The number of carbonyl (C=O) groups excluding carboxylic acids is 2. The van der Waals surface area contributed by atoms with Crippen LogP contribution >= 0.6 is 23.2 Å². The van der Waals surface area contributed by atoms with Crippen LogP contribution in [0.15, 0.2) is 59.7 Å².